The van der Waals surface area contributed by atoms with Crippen LogP contribution in [0.25, 0.3) is 0 Å². The number of aromatic nitrogens is 1. The maximum atomic E-state index is 10.9. The van der Waals surface area contributed by atoms with E-state index >= 15 is 0 Å². The Morgan fingerprint density at radius 1 is 1.50 bits per heavy atom. The van der Waals surface area contributed by atoms with Crippen molar-refractivity contribution in [3.05, 3.63) is 24.5 Å². The van der Waals surface area contributed by atoms with Gasteiger partial charge in [0.25, 0.3) is 0 Å². The second kappa shape index (κ2) is 5.32. The second-order valence-electron chi connectivity index (χ2n) is 3.25. The molecule has 0 aromatic carbocycles. The van der Waals surface area contributed by atoms with Gasteiger partial charge in [0, 0.05) is 12.4 Å². The van der Waals surface area contributed by atoms with E-state index in [1.165, 1.54) is 0 Å². The molecular formula is C10H16N2O2. The molecule has 1 unspecified atom stereocenters. The van der Waals surface area contributed by atoms with Crippen LogP contribution in [0.5, 0.6) is 0 Å². The predicted molar refractivity (Wildman–Crippen MR) is 54.7 cm³/mol. The molecule has 14 heavy (non-hydrogen) atoms. The van der Waals surface area contributed by atoms with Crippen LogP contribution in [0.4, 0.5) is 0 Å². The van der Waals surface area contributed by atoms with Gasteiger partial charge in [-0.25, -0.2) is 4.79 Å². The number of carboxylic acid groups (broad SMARTS) is 1. The molecule has 2 N–H and O–H groups in total. The highest BCUT2D eigenvalue weighted by Gasteiger charge is 2.15. The lowest BCUT2D eigenvalue weighted by Gasteiger charge is -2.15. The zero-order valence-corrected chi connectivity index (χ0v) is 8.31. The third kappa shape index (κ3) is 3.12. The number of rotatable bonds is 6. The van der Waals surface area contributed by atoms with Crippen LogP contribution < -0.4 is 5.43 Å². The number of unbranched alkanes of at least 4 members (excludes halogenated alkanes) is 1. The summed E-state index contributed by atoms with van der Waals surface area (Å²) in [6, 6.07) is 3.21. The van der Waals surface area contributed by atoms with Crippen molar-refractivity contribution < 1.29 is 9.90 Å². The Kier molecular flexibility index (Phi) is 4.04. The monoisotopic (exact) mass is 196 g/mol. The van der Waals surface area contributed by atoms with E-state index in [-0.39, 0.29) is 0 Å². The fourth-order valence-corrected chi connectivity index (χ4v) is 1.25. The summed E-state index contributed by atoms with van der Waals surface area (Å²) in [7, 11) is 0. The Morgan fingerprint density at radius 3 is 2.64 bits per heavy atom. The molecular weight excluding hydrogens is 180 g/mol. The molecule has 4 nitrogen and oxygen atoms in total. The van der Waals surface area contributed by atoms with Gasteiger partial charge in [-0.05, 0) is 18.6 Å². The molecule has 0 amide bonds. The van der Waals surface area contributed by atoms with Gasteiger partial charge in [-0.2, -0.15) is 0 Å². The summed E-state index contributed by atoms with van der Waals surface area (Å²) in [5, 5.41) is 8.92. The average Bonchev–Trinajstić information content (AvgIpc) is 2.64. The van der Waals surface area contributed by atoms with Crippen LogP contribution in [0.1, 0.15) is 26.2 Å². The van der Waals surface area contributed by atoms with Gasteiger partial charge in [-0.15, -0.1) is 0 Å². The van der Waals surface area contributed by atoms with Gasteiger partial charge in [0.15, 0.2) is 0 Å². The molecule has 0 aliphatic rings. The Morgan fingerprint density at radius 2 is 2.14 bits per heavy atom. The summed E-state index contributed by atoms with van der Waals surface area (Å²) in [6.45, 7) is 2.05. The number of aliphatic carboxylic acids is 1. The van der Waals surface area contributed by atoms with E-state index in [1.54, 1.807) is 17.1 Å². The number of carboxylic acids is 1. The van der Waals surface area contributed by atoms with Crippen molar-refractivity contribution in [1.29, 1.82) is 0 Å². The van der Waals surface area contributed by atoms with Crippen molar-refractivity contribution in [1.82, 2.24) is 4.68 Å². The van der Waals surface area contributed by atoms with Crippen LogP contribution in [-0.2, 0) is 4.79 Å². The molecule has 1 rings (SSSR count). The maximum absolute atomic E-state index is 10.9. The second-order valence-corrected chi connectivity index (χ2v) is 3.25. The molecule has 78 valence electrons. The Bertz CT molecular complexity index is 270. The summed E-state index contributed by atoms with van der Waals surface area (Å²) in [5.74, 6) is -0.799. The molecule has 0 fully saturated rings. The minimum absolute atomic E-state index is 0.498. The number of nitrogens with one attached hydrogen (secondary N) is 1. The third-order valence-electron chi connectivity index (χ3n) is 2.05. The van der Waals surface area contributed by atoms with Gasteiger partial charge >= 0.3 is 5.97 Å². The summed E-state index contributed by atoms with van der Waals surface area (Å²) < 4.78 is 1.68. The van der Waals surface area contributed by atoms with Gasteiger partial charge < -0.3 is 10.5 Å². The lowest BCUT2D eigenvalue weighted by atomic mass is 10.1. The zero-order chi connectivity index (χ0) is 10.4. The van der Waals surface area contributed by atoms with E-state index in [0.29, 0.717) is 6.42 Å². The Balaban J connectivity index is 2.47. The molecule has 0 aliphatic heterocycles. The molecule has 1 aromatic heterocycles. The Hall–Kier alpha value is -1.45. The van der Waals surface area contributed by atoms with Crippen LogP contribution in [-0.4, -0.2) is 21.8 Å². The molecule has 1 aromatic rings. The van der Waals surface area contributed by atoms with Crippen LogP contribution in [0, 0.1) is 0 Å². The molecule has 0 spiro atoms. The number of hydrogen-bond acceptors (Lipinski definition) is 2. The molecule has 0 radical (unpaired) electrons. The quantitative estimate of drug-likeness (QED) is 0.727. The lowest BCUT2D eigenvalue weighted by Crippen LogP contribution is -2.34. The number of nitrogens with zero attached hydrogens (tertiary/aromatic N) is 1. The topological polar surface area (TPSA) is 54.3 Å². The van der Waals surface area contributed by atoms with Crippen LogP contribution in [0.2, 0.25) is 0 Å². The van der Waals surface area contributed by atoms with Crippen molar-refractivity contribution in [2.75, 3.05) is 5.43 Å². The molecule has 0 bridgehead atoms. The molecule has 0 saturated carbocycles. The maximum Gasteiger partial charge on any atom is 0.327 e. The van der Waals surface area contributed by atoms with Crippen LogP contribution in [0.15, 0.2) is 24.5 Å². The minimum atomic E-state index is -0.799. The van der Waals surface area contributed by atoms with E-state index < -0.39 is 12.0 Å². The predicted octanol–water partition coefficient (Wildman–Crippen LogP) is 1.68. The molecule has 1 atom stereocenters. The van der Waals surface area contributed by atoms with Crippen molar-refractivity contribution in [2.24, 2.45) is 0 Å². The first-order chi connectivity index (χ1) is 6.74. The summed E-state index contributed by atoms with van der Waals surface area (Å²) >= 11 is 0. The van der Waals surface area contributed by atoms with Gasteiger partial charge in [0.1, 0.15) is 6.04 Å². The standard InChI is InChI=1S/C10H16N2O2/c1-2-3-6-9(10(13)14)11-12-7-4-5-8-12/h4-5,7-9,11H,2-3,6H2,1H3,(H,13,14). The molecule has 0 saturated heterocycles. The number of carbonyl (C=O) groups is 1. The molecule has 1 heterocycles. The van der Waals surface area contributed by atoms with Crippen molar-refractivity contribution >= 4 is 5.97 Å². The summed E-state index contributed by atoms with van der Waals surface area (Å²) in [4.78, 5) is 10.9. The number of hydrogen-bond donors (Lipinski definition) is 2. The van der Waals surface area contributed by atoms with Crippen molar-refractivity contribution in [3.8, 4) is 0 Å². The Labute approximate surface area is 83.5 Å². The highest BCUT2D eigenvalue weighted by molar-refractivity contribution is 5.74. The van der Waals surface area contributed by atoms with Crippen molar-refractivity contribution in [2.45, 2.75) is 32.2 Å². The summed E-state index contributed by atoms with van der Waals surface area (Å²) in [5.41, 5.74) is 2.91. The van der Waals surface area contributed by atoms with Crippen LogP contribution in [0.3, 0.4) is 0 Å². The van der Waals surface area contributed by atoms with Gasteiger partial charge in [-0.1, -0.05) is 19.8 Å². The van der Waals surface area contributed by atoms with Crippen LogP contribution >= 0.6 is 0 Å². The molecule has 4 heteroatoms. The van der Waals surface area contributed by atoms with Gasteiger partial charge in [0.05, 0.1) is 0 Å². The highest BCUT2D eigenvalue weighted by atomic mass is 16.4. The first-order valence-corrected chi connectivity index (χ1v) is 4.86. The smallest absolute Gasteiger partial charge is 0.327 e. The van der Waals surface area contributed by atoms with E-state index in [9.17, 15) is 4.79 Å². The van der Waals surface area contributed by atoms with Crippen molar-refractivity contribution in [3.63, 3.8) is 0 Å². The highest BCUT2D eigenvalue weighted by Crippen LogP contribution is 2.02. The SMILES string of the molecule is CCCCC(Nn1cccc1)C(=O)O. The fourth-order valence-electron chi connectivity index (χ4n) is 1.25. The fraction of sp³-hybridized carbons (Fsp3) is 0.500. The van der Waals surface area contributed by atoms with E-state index in [2.05, 4.69) is 12.3 Å². The molecule has 0 aliphatic carbocycles. The first-order valence-electron chi connectivity index (χ1n) is 4.86. The normalized spacial score (nSPS) is 12.4. The van der Waals surface area contributed by atoms with E-state index in [0.717, 1.165) is 12.8 Å². The van der Waals surface area contributed by atoms with E-state index in [4.69, 9.17) is 5.11 Å². The average molecular weight is 196 g/mol. The lowest BCUT2D eigenvalue weighted by molar-refractivity contribution is -0.138. The minimum Gasteiger partial charge on any atom is -0.480 e. The zero-order valence-electron chi connectivity index (χ0n) is 8.31. The summed E-state index contributed by atoms with van der Waals surface area (Å²) in [6.07, 6.45) is 6.18. The van der Waals surface area contributed by atoms with E-state index in [1.807, 2.05) is 12.1 Å². The third-order valence-corrected chi connectivity index (χ3v) is 2.05. The van der Waals surface area contributed by atoms with Gasteiger partial charge in [0.2, 0.25) is 0 Å². The van der Waals surface area contributed by atoms with Gasteiger partial charge in [-0.3, -0.25) is 4.68 Å². The first kappa shape index (κ1) is 10.6. The largest absolute Gasteiger partial charge is 0.480 e.